The van der Waals surface area contributed by atoms with Gasteiger partial charge in [-0.3, -0.25) is 4.79 Å². The van der Waals surface area contributed by atoms with Crippen LogP contribution in [0.25, 0.3) is 0 Å². The molecule has 0 aromatic carbocycles. The number of carbonyl (C=O) groups is 1. The Bertz CT molecular complexity index is 290. The number of halogens is 1. The van der Waals surface area contributed by atoms with Crippen molar-refractivity contribution < 1.29 is 4.79 Å². The highest BCUT2D eigenvalue weighted by molar-refractivity contribution is 5.85. The maximum absolute atomic E-state index is 12.0. The molecule has 2 fully saturated rings. The summed E-state index contributed by atoms with van der Waals surface area (Å²) < 4.78 is 0. The third-order valence-electron chi connectivity index (χ3n) is 4.28. The number of nitrogens with one attached hydrogen (secondary N) is 1. The van der Waals surface area contributed by atoms with Gasteiger partial charge in [-0.1, -0.05) is 13.8 Å². The van der Waals surface area contributed by atoms with E-state index in [2.05, 4.69) is 19.2 Å². The summed E-state index contributed by atoms with van der Waals surface area (Å²) in [5.74, 6) is 1.15. The Morgan fingerprint density at radius 2 is 2.06 bits per heavy atom. The van der Waals surface area contributed by atoms with Gasteiger partial charge in [-0.15, -0.1) is 12.4 Å². The smallest absolute Gasteiger partial charge is 0.223 e. The van der Waals surface area contributed by atoms with Crippen LogP contribution in [0, 0.1) is 17.3 Å². The third-order valence-corrected chi connectivity index (χ3v) is 4.28. The SMILES string of the molecule is CC(C)CC1(CNC(=O)C2CCC(N)C2)CC1.Cl. The van der Waals surface area contributed by atoms with Gasteiger partial charge in [-0.25, -0.2) is 0 Å². The van der Waals surface area contributed by atoms with Crippen molar-refractivity contribution in [2.24, 2.45) is 23.0 Å². The molecule has 1 amide bonds. The molecule has 2 saturated carbocycles. The Kier molecular flexibility index (Phi) is 5.47. The fraction of sp³-hybridized carbons (Fsp3) is 0.929. The van der Waals surface area contributed by atoms with Crippen LogP contribution in [0.15, 0.2) is 0 Å². The first-order valence-electron chi connectivity index (χ1n) is 7.04. The Morgan fingerprint density at radius 1 is 1.39 bits per heavy atom. The van der Waals surface area contributed by atoms with E-state index in [1.54, 1.807) is 0 Å². The first kappa shape index (κ1) is 15.8. The molecule has 0 radical (unpaired) electrons. The standard InChI is InChI=1S/C14H26N2O.ClH/c1-10(2)8-14(5-6-14)9-16-13(17)11-3-4-12(15)7-11;/h10-12H,3-9,15H2,1-2H3,(H,16,17);1H. The van der Waals surface area contributed by atoms with Crippen LogP contribution in [0.1, 0.15) is 52.4 Å². The molecule has 0 aliphatic heterocycles. The minimum absolute atomic E-state index is 0. The Balaban J connectivity index is 0.00000162. The summed E-state index contributed by atoms with van der Waals surface area (Å²) >= 11 is 0. The third kappa shape index (κ3) is 4.13. The van der Waals surface area contributed by atoms with E-state index in [9.17, 15) is 4.79 Å². The lowest BCUT2D eigenvalue weighted by molar-refractivity contribution is -0.125. The zero-order valence-corrected chi connectivity index (χ0v) is 12.4. The van der Waals surface area contributed by atoms with E-state index in [-0.39, 0.29) is 30.3 Å². The summed E-state index contributed by atoms with van der Waals surface area (Å²) in [6.45, 7) is 5.41. The van der Waals surface area contributed by atoms with Crippen LogP contribution in [0.4, 0.5) is 0 Å². The largest absolute Gasteiger partial charge is 0.355 e. The van der Waals surface area contributed by atoms with Crippen LogP contribution in [0.5, 0.6) is 0 Å². The second-order valence-corrected chi connectivity index (χ2v) is 6.59. The van der Waals surface area contributed by atoms with Crippen molar-refractivity contribution in [1.82, 2.24) is 5.32 Å². The summed E-state index contributed by atoms with van der Waals surface area (Å²) in [6.07, 6.45) is 6.69. The highest BCUT2D eigenvalue weighted by Crippen LogP contribution is 2.50. The molecule has 4 heteroatoms. The molecular weight excluding hydrogens is 248 g/mol. The number of hydrogen-bond donors (Lipinski definition) is 2. The predicted molar refractivity (Wildman–Crippen MR) is 76.7 cm³/mol. The topological polar surface area (TPSA) is 55.1 Å². The molecule has 18 heavy (non-hydrogen) atoms. The number of nitrogens with two attached hydrogens (primary N) is 1. The van der Waals surface area contributed by atoms with Crippen molar-refractivity contribution in [3.05, 3.63) is 0 Å². The lowest BCUT2D eigenvalue weighted by Gasteiger charge is -2.19. The Labute approximate surface area is 117 Å². The van der Waals surface area contributed by atoms with Crippen LogP contribution in [-0.4, -0.2) is 18.5 Å². The van der Waals surface area contributed by atoms with E-state index in [4.69, 9.17) is 5.73 Å². The summed E-state index contributed by atoms with van der Waals surface area (Å²) in [5, 5.41) is 3.16. The van der Waals surface area contributed by atoms with Crippen molar-refractivity contribution in [3.63, 3.8) is 0 Å². The first-order chi connectivity index (χ1) is 8.01. The number of rotatable bonds is 5. The van der Waals surface area contributed by atoms with E-state index in [1.165, 1.54) is 19.3 Å². The molecule has 0 aromatic heterocycles. The van der Waals surface area contributed by atoms with Crippen molar-refractivity contribution in [2.75, 3.05) is 6.54 Å². The Morgan fingerprint density at radius 3 is 2.50 bits per heavy atom. The van der Waals surface area contributed by atoms with E-state index in [0.717, 1.165) is 31.7 Å². The number of carbonyl (C=O) groups excluding carboxylic acids is 1. The minimum atomic E-state index is 0. The van der Waals surface area contributed by atoms with Crippen LogP contribution in [-0.2, 0) is 4.79 Å². The summed E-state index contributed by atoms with van der Waals surface area (Å²) in [4.78, 5) is 12.0. The average Bonchev–Trinajstić information content (AvgIpc) is 2.86. The molecule has 2 atom stereocenters. The summed E-state index contributed by atoms with van der Waals surface area (Å²) in [5.41, 5.74) is 6.28. The summed E-state index contributed by atoms with van der Waals surface area (Å²) in [6, 6.07) is 0.247. The van der Waals surface area contributed by atoms with Crippen molar-refractivity contribution in [3.8, 4) is 0 Å². The molecule has 2 rings (SSSR count). The molecule has 0 spiro atoms. The van der Waals surface area contributed by atoms with Crippen molar-refractivity contribution in [1.29, 1.82) is 0 Å². The molecule has 0 aromatic rings. The summed E-state index contributed by atoms with van der Waals surface area (Å²) in [7, 11) is 0. The van der Waals surface area contributed by atoms with Gasteiger partial charge in [-0.2, -0.15) is 0 Å². The van der Waals surface area contributed by atoms with E-state index < -0.39 is 0 Å². The fourth-order valence-corrected chi connectivity index (χ4v) is 3.17. The fourth-order valence-electron chi connectivity index (χ4n) is 3.17. The van der Waals surface area contributed by atoms with Gasteiger partial charge in [0.15, 0.2) is 0 Å². The molecule has 2 unspecified atom stereocenters. The lowest BCUT2D eigenvalue weighted by Crippen LogP contribution is -2.35. The monoisotopic (exact) mass is 274 g/mol. The maximum atomic E-state index is 12.0. The second-order valence-electron chi connectivity index (χ2n) is 6.59. The zero-order valence-electron chi connectivity index (χ0n) is 11.6. The molecule has 106 valence electrons. The van der Waals surface area contributed by atoms with Crippen LogP contribution >= 0.6 is 12.4 Å². The van der Waals surface area contributed by atoms with E-state index in [0.29, 0.717) is 5.41 Å². The average molecular weight is 275 g/mol. The molecule has 0 heterocycles. The normalized spacial score (nSPS) is 28.9. The van der Waals surface area contributed by atoms with Gasteiger partial charge in [0.05, 0.1) is 0 Å². The molecule has 2 aliphatic carbocycles. The van der Waals surface area contributed by atoms with Gasteiger partial charge in [-0.05, 0) is 49.9 Å². The van der Waals surface area contributed by atoms with Crippen LogP contribution < -0.4 is 11.1 Å². The lowest BCUT2D eigenvalue weighted by atomic mass is 9.94. The van der Waals surface area contributed by atoms with Gasteiger partial charge in [0.2, 0.25) is 5.91 Å². The van der Waals surface area contributed by atoms with Crippen LogP contribution in [0.2, 0.25) is 0 Å². The van der Waals surface area contributed by atoms with Gasteiger partial charge >= 0.3 is 0 Å². The second kappa shape index (κ2) is 6.25. The molecule has 3 nitrogen and oxygen atoms in total. The van der Waals surface area contributed by atoms with Crippen molar-refractivity contribution in [2.45, 2.75) is 58.4 Å². The van der Waals surface area contributed by atoms with Crippen molar-refractivity contribution >= 4 is 18.3 Å². The number of amides is 1. The first-order valence-corrected chi connectivity index (χ1v) is 7.04. The van der Waals surface area contributed by atoms with Gasteiger partial charge in [0.25, 0.3) is 0 Å². The maximum Gasteiger partial charge on any atom is 0.223 e. The van der Waals surface area contributed by atoms with Gasteiger partial charge in [0.1, 0.15) is 0 Å². The van der Waals surface area contributed by atoms with Gasteiger partial charge < -0.3 is 11.1 Å². The molecule has 3 N–H and O–H groups in total. The van der Waals surface area contributed by atoms with E-state index in [1.807, 2.05) is 0 Å². The van der Waals surface area contributed by atoms with Crippen LogP contribution in [0.3, 0.4) is 0 Å². The minimum Gasteiger partial charge on any atom is -0.355 e. The quantitative estimate of drug-likeness (QED) is 0.809. The molecule has 0 saturated heterocycles. The predicted octanol–water partition coefficient (Wildman–Crippen LogP) is 2.48. The van der Waals surface area contributed by atoms with Gasteiger partial charge in [0, 0.05) is 18.5 Å². The highest BCUT2D eigenvalue weighted by atomic mass is 35.5. The molecule has 0 bridgehead atoms. The molecular formula is C14H27ClN2O. The highest BCUT2D eigenvalue weighted by Gasteiger charge is 2.43. The zero-order chi connectivity index (χ0) is 12.5. The Hall–Kier alpha value is -0.280. The number of hydrogen-bond acceptors (Lipinski definition) is 2. The van der Waals surface area contributed by atoms with E-state index >= 15 is 0 Å². The molecule has 2 aliphatic rings.